The van der Waals surface area contributed by atoms with Gasteiger partial charge in [-0.15, -0.1) is 0 Å². The lowest BCUT2D eigenvalue weighted by Crippen LogP contribution is -2.03. The maximum atomic E-state index is 2.34. The van der Waals surface area contributed by atoms with Gasteiger partial charge in [0, 0.05) is 0 Å². The predicted molar refractivity (Wildman–Crippen MR) is 139 cm³/mol. The molecule has 3 aromatic carbocycles. The zero-order valence-electron chi connectivity index (χ0n) is 19.4. The first-order valence-electron chi connectivity index (χ1n) is 11.3. The monoisotopic (exact) mass is 404 g/mol. The number of aryl methyl sites for hydroxylation is 2. The summed E-state index contributed by atoms with van der Waals surface area (Å²) in [4.78, 5) is 0. The summed E-state index contributed by atoms with van der Waals surface area (Å²) in [6.07, 6.45) is 17.5. The van der Waals surface area contributed by atoms with Crippen molar-refractivity contribution in [1.29, 1.82) is 0 Å². The van der Waals surface area contributed by atoms with E-state index in [9.17, 15) is 0 Å². The second kappa shape index (κ2) is 8.94. The number of fused-ring (bicyclic) bond motifs is 2. The van der Waals surface area contributed by atoms with Gasteiger partial charge >= 0.3 is 0 Å². The third kappa shape index (κ3) is 3.83. The van der Waals surface area contributed by atoms with Crippen molar-refractivity contribution >= 4 is 22.4 Å². The van der Waals surface area contributed by atoms with Gasteiger partial charge in [-0.25, -0.2) is 0 Å². The Labute approximate surface area is 187 Å². The lowest BCUT2D eigenvalue weighted by molar-refractivity contribution is 0.984. The topological polar surface area (TPSA) is 0 Å². The Bertz CT molecular complexity index is 1260. The second-order valence-corrected chi connectivity index (χ2v) is 8.58. The molecule has 0 nitrogen and oxygen atoms in total. The van der Waals surface area contributed by atoms with Crippen LogP contribution in [-0.4, -0.2) is 0 Å². The molecule has 3 aromatic rings. The van der Waals surface area contributed by atoms with E-state index in [1.54, 1.807) is 0 Å². The first kappa shape index (κ1) is 21.1. The third-order valence-electron chi connectivity index (χ3n) is 6.59. The Morgan fingerprint density at radius 2 is 1.61 bits per heavy atom. The highest BCUT2D eigenvalue weighted by Gasteiger charge is 2.21. The fourth-order valence-corrected chi connectivity index (χ4v) is 4.94. The van der Waals surface area contributed by atoms with Crippen molar-refractivity contribution in [1.82, 2.24) is 0 Å². The van der Waals surface area contributed by atoms with Gasteiger partial charge in [0.15, 0.2) is 0 Å². The van der Waals surface area contributed by atoms with E-state index in [2.05, 4.69) is 107 Å². The third-order valence-corrected chi connectivity index (χ3v) is 6.59. The van der Waals surface area contributed by atoms with E-state index in [-0.39, 0.29) is 0 Å². The predicted octanol–water partition coefficient (Wildman–Crippen LogP) is 8.93. The van der Waals surface area contributed by atoms with Crippen LogP contribution in [0.2, 0.25) is 0 Å². The summed E-state index contributed by atoms with van der Waals surface area (Å²) >= 11 is 0. The van der Waals surface area contributed by atoms with Gasteiger partial charge in [0.1, 0.15) is 0 Å². The smallest absolute Gasteiger partial charge is 0.00643 e. The van der Waals surface area contributed by atoms with Crippen LogP contribution in [0.3, 0.4) is 0 Å². The van der Waals surface area contributed by atoms with E-state index in [0.717, 1.165) is 12.8 Å². The number of hydrogen-bond acceptors (Lipinski definition) is 0. The maximum Gasteiger partial charge on any atom is -0.00643 e. The molecule has 1 aliphatic carbocycles. The summed E-state index contributed by atoms with van der Waals surface area (Å²) in [5, 5.41) is 2.69. The summed E-state index contributed by atoms with van der Waals surface area (Å²) in [6.45, 7) is 11.1. The van der Waals surface area contributed by atoms with Crippen molar-refractivity contribution in [3.8, 4) is 11.1 Å². The van der Waals surface area contributed by atoms with Gasteiger partial charge in [-0.05, 0) is 108 Å². The zero-order valence-corrected chi connectivity index (χ0v) is 19.4. The minimum Gasteiger partial charge on any atom is -0.0877 e. The molecule has 0 heteroatoms. The number of hydrogen-bond donors (Lipinski definition) is 0. The minimum atomic E-state index is 1.13. The summed E-state index contributed by atoms with van der Waals surface area (Å²) < 4.78 is 0. The van der Waals surface area contributed by atoms with Gasteiger partial charge in [0.25, 0.3) is 0 Å². The van der Waals surface area contributed by atoms with E-state index in [1.165, 1.54) is 60.9 Å². The minimum absolute atomic E-state index is 1.13. The summed E-state index contributed by atoms with van der Waals surface area (Å²) in [5.41, 5.74) is 12.5. The Kier molecular flexibility index (Phi) is 6.09. The average Bonchev–Trinajstić information content (AvgIpc) is 2.78. The van der Waals surface area contributed by atoms with Gasteiger partial charge in [0.2, 0.25) is 0 Å². The molecule has 4 rings (SSSR count). The van der Waals surface area contributed by atoms with Gasteiger partial charge in [0.05, 0.1) is 0 Å². The van der Waals surface area contributed by atoms with Crippen LogP contribution >= 0.6 is 0 Å². The Morgan fingerprint density at radius 1 is 0.839 bits per heavy atom. The molecule has 156 valence electrons. The molecule has 0 saturated carbocycles. The second-order valence-electron chi connectivity index (χ2n) is 8.58. The van der Waals surface area contributed by atoms with Crippen LogP contribution in [-0.2, 0) is 6.42 Å². The maximum absolute atomic E-state index is 2.34. The van der Waals surface area contributed by atoms with Crippen LogP contribution in [0.4, 0.5) is 0 Å². The van der Waals surface area contributed by atoms with Crippen molar-refractivity contribution in [3.63, 3.8) is 0 Å². The first-order chi connectivity index (χ1) is 15.0. The van der Waals surface area contributed by atoms with E-state index in [0.29, 0.717) is 0 Å². The van der Waals surface area contributed by atoms with E-state index >= 15 is 0 Å². The first-order valence-corrected chi connectivity index (χ1v) is 11.3. The summed E-state index contributed by atoms with van der Waals surface area (Å²) in [6, 6.07) is 13.6. The van der Waals surface area contributed by atoms with Gasteiger partial charge in [-0.2, -0.15) is 0 Å². The molecule has 0 atom stereocenters. The van der Waals surface area contributed by atoms with Crippen molar-refractivity contribution in [2.45, 2.75) is 47.5 Å². The van der Waals surface area contributed by atoms with Crippen molar-refractivity contribution < 1.29 is 0 Å². The molecular weight excluding hydrogens is 372 g/mol. The van der Waals surface area contributed by atoms with Crippen LogP contribution in [0.25, 0.3) is 33.5 Å². The highest BCUT2D eigenvalue weighted by Crippen LogP contribution is 2.43. The fourth-order valence-electron chi connectivity index (χ4n) is 4.94. The van der Waals surface area contributed by atoms with E-state index < -0.39 is 0 Å². The van der Waals surface area contributed by atoms with Gasteiger partial charge < -0.3 is 0 Å². The molecule has 0 radical (unpaired) electrons. The van der Waals surface area contributed by atoms with Gasteiger partial charge in [-0.3, -0.25) is 0 Å². The lowest BCUT2D eigenvalue weighted by Gasteiger charge is -2.24. The summed E-state index contributed by atoms with van der Waals surface area (Å²) in [7, 11) is 0. The molecule has 0 amide bonds. The summed E-state index contributed by atoms with van der Waals surface area (Å²) in [5.74, 6) is 0. The van der Waals surface area contributed by atoms with Crippen molar-refractivity contribution in [3.05, 3.63) is 106 Å². The van der Waals surface area contributed by atoms with E-state index in [4.69, 9.17) is 0 Å². The molecule has 0 bridgehead atoms. The molecule has 0 aromatic heterocycles. The van der Waals surface area contributed by atoms with E-state index in [1.807, 2.05) is 6.92 Å². The van der Waals surface area contributed by atoms with Crippen LogP contribution in [0, 0.1) is 20.8 Å². The molecule has 0 aliphatic heterocycles. The number of benzene rings is 3. The Morgan fingerprint density at radius 3 is 2.39 bits per heavy atom. The molecule has 0 fully saturated rings. The van der Waals surface area contributed by atoms with Crippen LogP contribution in [0.15, 0.2) is 72.9 Å². The SMILES string of the molecule is C/C=C/C=C\C=C(/C)c1c(C)c(C)c(-c2c(C)ccc3c2C=CCC3)c2ccccc12. The Balaban J connectivity index is 2.04. The largest absolute Gasteiger partial charge is 0.0877 e. The molecular formula is C31H32. The standard InChI is InChI=1S/C31H32/c1-6-7-8-9-14-21(2)29-23(4)24(5)31(28-18-13-12-17-27(28)29)30-22(3)19-20-25-15-10-11-16-26(25)30/h6-9,11-14,16-20H,10,15H2,1-5H3/b7-6+,9-8-,21-14+. The van der Waals surface area contributed by atoms with Gasteiger partial charge in [-0.1, -0.05) is 78.9 Å². The number of allylic oxidation sites excluding steroid dienone is 7. The quantitative estimate of drug-likeness (QED) is 0.381. The molecule has 0 saturated heterocycles. The average molecular weight is 405 g/mol. The highest BCUT2D eigenvalue weighted by atomic mass is 14.2. The van der Waals surface area contributed by atoms with Crippen molar-refractivity contribution in [2.75, 3.05) is 0 Å². The molecule has 0 unspecified atom stereocenters. The zero-order chi connectivity index (χ0) is 22.0. The normalized spacial score (nSPS) is 14.2. The highest BCUT2D eigenvalue weighted by molar-refractivity contribution is 6.07. The molecule has 0 heterocycles. The molecule has 0 N–H and O–H groups in total. The lowest BCUT2D eigenvalue weighted by atomic mass is 9.80. The van der Waals surface area contributed by atoms with Crippen LogP contribution in [0.5, 0.6) is 0 Å². The molecule has 0 spiro atoms. The molecule has 31 heavy (non-hydrogen) atoms. The fraction of sp³-hybridized carbons (Fsp3) is 0.226. The Hall–Kier alpha value is -3.12. The van der Waals surface area contributed by atoms with Crippen LogP contribution in [0.1, 0.15) is 53.6 Å². The van der Waals surface area contributed by atoms with Crippen molar-refractivity contribution in [2.24, 2.45) is 0 Å². The van der Waals surface area contributed by atoms with Crippen LogP contribution < -0.4 is 0 Å². The number of rotatable bonds is 4. The molecule has 1 aliphatic rings.